The van der Waals surface area contributed by atoms with Crippen LogP contribution in [0.2, 0.25) is 0 Å². The van der Waals surface area contributed by atoms with Crippen molar-refractivity contribution in [2.75, 3.05) is 6.61 Å². The highest BCUT2D eigenvalue weighted by Gasteiger charge is 2.59. The summed E-state index contributed by atoms with van der Waals surface area (Å²) in [4.78, 5) is 0. The van der Waals surface area contributed by atoms with Crippen LogP contribution in [0.15, 0.2) is 134 Å². The Bertz CT molecular complexity index is 1390. The van der Waals surface area contributed by atoms with E-state index in [1.807, 2.05) is 91.0 Å². The SMILES string of the molecule is C1=CO[C@@]2(C1)O[C@H](COCc1ccccc1)[C@@H](OCc1ccccc1)[C@H](OCc1ccccc1)[C@H]2OCc1ccccc1. The van der Waals surface area contributed by atoms with Crippen molar-refractivity contribution >= 4 is 0 Å². The van der Waals surface area contributed by atoms with Crippen molar-refractivity contribution in [2.24, 2.45) is 0 Å². The third-order valence-corrected chi connectivity index (χ3v) is 7.78. The smallest absolute Gasteiger partial charge is 0.242 e. The van der Waals surface area contributed by atoms with E-state index in [4.69, 9.17) is 28.4 Å². The summed E-state index contributed by atoms with van der Waals surface area (Å²) in [5, 5.41) is 0. The van der Waals surface area contributed by atoms with Crippen molar-refractivity contribution in [2.45, 2.75) is 63.1 Å². The zero-order valence-electron chi connectivity index (χ0n) is 24.2. The Hall–Kier alpha value is -3.78. The minimum atomic E-state index is -1.07. The van der Waals surface area contributed by atoms with Gasteiger partial charge in [0.25, 0.3) is 0 Å². The molecule has 1 spiro atoms. The molecule has 0 N–H and O–H groups in total. The second kappa shape index (κ2) is 14.6. The fraction of sp³-hybridized carbons (Fsp3) is 0.297. The summed E-state index contributed by atoms with van der Waals surface area (Å²) in [6.07, 6.45) is 2.16. The molecule has 43 heavy (non-hydrogen) atoms. The van der Waals surface area contributed by atoms with Crippen molar-refractivity contribution in [1.82, 2.24) is 0 Å². The second-order valence-corrected chi connectivity index (χ2v) is 10.9. The van der Waals surface area contributed by atoms with E-state index >= 15 is 0 Å². The normalized spacial score (nSPS) is 24.7. The van der Waals surface area contributed by atoms with E-state index in [0.717, 1.165) is 22.3 Å². The zero-order chi connectivity index (χ0) is 29.2. The molecule has 0 unspecified atom stereocenters. The van der Waals surface area contributed by atoms with E-state index in [1.165, 1.54) is 0 Å². The highest BCUT2D eigenvalue weighted by atomic mass is 16.7. The fourth-order valence-corrected chi connectivity index (χ4v) is 5.60. The van der Waals surface area contributed by atoms with Gasteiger partial charge in [0, 0.05) is 6.42 Å². The van der Waals surface area contributed by atoms with Crippen LogP contribution in [0.1, 0.15) is 28.7 Å². The van der Waals surface area contributed by atoms with Gasteiger partial charge in [0.1, 0.15) is 18.3 Å². The number of ether oxygens (including phenoxy) is 6. The van der Waals surface area contributed by atoms with E-state index in [1.54, 1.807) is 6.26 Å². The Kier molecular flexibility index (Phi) is 9.95. The van der Waals surface area contributed by atoms with Crippen LogP contribution in [0, 0.1) is 0 Å². The number of hydrogen-bond acceptors (Lipinski definition) is 6. The van der Waals surface area contributed by atoms with Crippen LogP contribution in [0.4, 0.5) is 0 Å². The Morgan fingerprint density at radius 2 is 1.02 bits per heavy atom. The molecule has 0 aromatic heterocycles. The molecule has 1 fully saturated rings. The molecule has 0 amide bonds. The van der Waals surface area contributed by atoms with Gasteiger partial charge in [0.15, 0.2) is 6.10 Å². The molecule has 2 heterocycles. The average Bonchev–Trinajstić information content (AvgIpc) is 3.53. The van der Waals surface area contributed by atoms with Gasteiger partial charge < -0.3 is 28.4 Å². The van der Waals surface area contributed by atoms with Crippen molar-refractivity contribution in [3.05, 3.63) is 156 Å². The van der Waals surface area contributed by atoms with E-state index in [0.29, 0.717) is 39.5 Å². The maximum absolute atomic E-state index is 6.82. The Labute approximate surface area is 253 Å². The predicted octanol–water partition coefficient (Wildman–Crippen LogP) is 6.99. The van der Waals surface area contributed by atoms with E-state index < -0.39 is 30.2 Å². The lowest BCUT2D eigenvalue weighted by Gasteiger charge is -2.50. The molecular formula is C37H38O6. The van der Waals surface area contributed by atoms with E-state index in [-0.39, 0.29) is 0 Å². The first-order valence-corrected chi connectivity index (χ1v) is 14.9. The molecule has 2 aliphatic rings. The lowest BCUT2D eigenvalue weighted by molar-refractivity contribution is -0.365. The molecule has 0 radical (unpaired) electrons. The van der Waals surface area contributed by atoms with Crippen LogP contribution in [0.3, 0.4) is 0 Å². The topological polar surface area (TPSA) is 55.4 Å². The number of hydrogen-bond donors (Lipinski definition) is 0. The van der Waals surface area contributed by atoms with Gasteiger partial charge >= 0.3 is 0 Å². The van der Waals surface area contributed by atoms with Crippen molar-refractivity contribution in [1.29, 1.82) is 0 Å². The van der Waals surface area contributed by atoms with Crippen LogP contribution < -0.4 is 0 Å². The maximum atomic E-state index is 6.82. The van der Waals surface area contributed by atoms with E-state index in [2.05, 4.69) is 36.4 Å². The molecule has 1 saturated heterocycles. The van der Waals surface area contributed by atoms with Crippen LogP contribution in [-0.2, 0) is 54.8 Å². The van der Waals surface area contributed by atoms with Gasteiger partial charge in [-0.1, -0.05) is 121 Å². The standard InChI is InChI=1S/C37H38O6/c1-5-14-29(15-6-1)24-38-28-33-34(39-25-30-16-7-2-8-17-30)35(40-26-31-18-9-3-10-19-31)36(37(43-33)22-13-23-42-37)41-27-32-20-11-4-12-21-32/h1-21,23,33-36H,22,24-28H2/t33-,34-,35+,36-,37+/m1/s1. The number of benzene rings is 4. The van der Waals surface area contributed by atoms with Crippen molar-refractivity contribution in [3.8, 4) is 0 Å². The summed E-state index contributed by atoms with van der Waals surface area (Å²) >= 11 is 0. The molecule has 0 aliphatic carbocycles. The third-order valence-electron chi connectivity index (χ3n) is 7.78. The van der Waals surface area contributed by atoms with Crippen LogP contribution in [-0.4, -0.2) is 36.8 Å². The third kappa shape index (κ3) is 7.60. The molecule has 6 rings (SSSR count). The van der Waals surface area contributed by atoms with E-state index in [9.17, 15) is 0 Å². The summed E-state index contributed by atoms with van der Waals surface area (Å²) in [5.74, 6) is -1.07. The monoisotopic (exact) mass is 578 g/mol. The van der Waals surface area contributed by atoms with Crippen LogP contribution >= 0.6 is 0 Å². The minimum absolute atomic E-state index is 0.302. The first-order valence-electron chi connectivity index (χ1n) is 14.9. The molecule has 222 valence electrons. The largest absolute Gasteiger partial charge is 0.467 e. The molecule has 6 nitrogen and oxygen atoms in total. The van der Waals surface area contributed by atoms with Gasteiger partial charge in [-0.05, 0) is 28.3 Å². The molecule has 2 aliphatic heterocycles. The summed E-state index contributed by atoms with van der Waals surface area (Å²) in [7, 11) is 0. The summed E-state index contributed by atoms with van der Waals surface area (Å²) in [6.45, 7) is 1.93. The van der Waals surface area contributed by atoms with Gasteiger partial charge in [-0.15, -0.1) is 0 Å². The highest BCUT2D eigenvalue weighted by Crippen LogP contribution is 2.42. The van der Waals surface area contributed by atoms with Crippen LogP contribution in [0.5, 0.6) is 0 Å². The van der Waals surface area contributed by atoms with Gasteiger partial charge in [0.05, 0.1) is 39.3 Å². The average molecular weight is 579 g/mol. The maximum Gasteiger partial charge on any atom is 0.242 e. The number of rotatable bonds is 13. The lowest BCUT2D eigenvalue weighted by atomic mass is 9.90. The predicted molar refractivity (Wildman–Crippen MR) is 164 cm³/mol. The molecular weight excluding hydrogens is 540 g/mol. The van der Waals surface area contributed by atoms with Gasteiger partial charge in [0.2, 0.25) is 5.79 Å². The molecule has 0 saturated carbocycles. The summed E-state index contributed by atoms with van der Waals surface area (Å²) in [6, 6.07) is 40.5. The summed E-state index contributed by atoms with van der Waals surface area (Å²) in [5.41, 5.74) is 4.28. The zero-order valence-corrected chi connectivity index (χ0v) is 24.2. The quantitative estimate of drug-likeness (QED) is 0.171. The van der Waals surface area contributed by atoms with Gasteiger partial charge in [-0.3, -0.25) is 0 Å². The molecule has 6 heteroatoms. The minimum Gasteiger partial charge on any atom is -0.467 e. The Morgan fingerprint density at radius 3 is 1.51 bits per heavy atom. The van der Waals surface area contributed by atoms with Crippen molar-refractivity contribution < 1.29 is 28.4 Å². The fourth-order valence-electron chi connectivity index (χ4n) is 5.60. The summed E-state index contributed by atoms with van der Waals surface area (Å²) < 4.78 is 39.4. The molecule has 4 aromatic carbocycles. The van der Waals surface area contributed by atoms with Crippen molar-refractivity contribution in [3.63, 3.8) is 0 Å². The Morgan fingerprint density at radius 1 is 0.558 bits per heavy atom. The first kappa shape index (κ1) is 29.3. The first-order chi connectivity index (χ1) is 21.3. The van der Waals surface area contributed by atoms with Crippen LogP contribution in [0.25, 0.3) is 0 Å². The second-order valence-electron chi connectivity index (χ2n) is 10.9. The van der Waals surface area contributed by atoms with Gasteiger partial charge in [-0.25, -0.2) is 0 Å². The Balaban J connectivity index is 1.29. The molecule has 5 atom stereocenters. The lowest BCUT2D eigenvalue weighted by Crippen LogP contribution is -2.67. The molecule has 0 bridgehead atoms. The highest BCUT2D eigenvalue weighted by molar-refractivity contribution is 5.17. The molecule has 4 aromatic rings. The van der Waals surface area contributed by atoms with Gasteiger partial charge in [-0.2, -0.15) is 0 Å².